The van der Waals surface area contributed by atoms with Crippen molar-refractivity contribution in [2.75, 3.05) is 13.6 Å². The third kappa shape index (κ3) is 5.21. The molecule has 0 bridgehead atoms. The van der Waals surface area contributed by atoms with E-state index in [0.717, 1.165) is 5.56 Å². The van der Waals surface area contributed by atoms with E-state index in [1.165, 1.54) is 0 Å². The van der Waals surface area contributed by atoms with Gasteiger partial charge in [0.15, 0.2) is 0 Å². The summed E-state index contributed by atoms with van der Waals surface area (Å²) in [7, 11) is 1.88. The van der Waals surface area contributed by atoms with Crippen LogP contribution in [0, 0.1) is 5.41 Å². The van der Waals surface area contributed by atoms with Crippen LogP contribution in [0.4, 0.5) is 0 Å². The van der Waals surface area contributed by atoms with E-state index in [1.54, 1.807) is 0 Å². The molecule has 3 nitrogen and oxygen atoms in total. The van der Waals surface area contributed by atoms with E-state index < -0.39 is 5.41 Å². The van der Waals surface area contributed by atoms with Crippen molar-refractivity contribution < 1.29 is 4.79 Å². The lowest BCUT2D eigenvalue weighted by Crippen LogP contribution is -2.43. The standard InChI is InChI=1S/C15H23ClN2O/c1-11(17-4)10-18-14(19)15(2,3)9-12-6-5-7-13(16)8-12/h5-8,11,17H,9-10H2,1-4H3,(H,18,19). The van der Waals surface area contributed by atoms with Gasteiger partial charge in [-0.15, -0.1) is 0 Å². The number of hydrogen-bond donors (Lipinski definition) is 2. The van der Waals surface area contributed by atoms with Crippen molar-refractivity contribution in [2.45, 2.75) is 33.2 Å². The summed E-state index contributed by atoms with van der Waals surface area (Å²) in [5.41, 5.74) is 0.632. The van der Waals surface area contributed by atoms with Gasteiger partial charge < -0.3 is 10.6 Å². The van der Waals surface area contributed by atoms with Gasteiger partial charge >= 0.3 is 0 Å². The lowest BCUT2D eigenvalue weighted by atomic mass is 9.85. The Hall–Kier alpha value is -1.06. The fraction of sp³-hybridized carbons (Fsp3) is 0.533. The molecule has 4 heteroatoms. The molecule has 106 valence electrons. The average Bonchev–Trinajstić information content (AvgIpc) is 2.34. The third-order valence-corrected chi connectivity index (χ3v) is 3.45. The first-order chi connectivity index (χ1) is 8.85. The predicted molar refractivity (Wildman–Crippen MR) is 80.5 cm³/mol. The molecule has 0 spiro atoms. The van der Waals surface area contributed by atoms with Gasteiger partial charge in [0.25, 0.3) is 0 Å². The van der Waals surface area contributed by atoms with E-state index in [2.05, 4.69) is 10.6 Å². The molecule has 1 aromatic carbocycles. The van der Waals surface area contributed by atoms with E-state index in [1.807, 2.05) is 52.1 Å². The fourth-order valence-corrected chi connectivity index (χ4v) is 2.04. The molecule has 0 fully saturated rings. The van der Waals surface area contributed by atoms with Crippen LogP contribution in [0.25, 0.3) is 0 Å². The quantitative estimate of drug-likeness (QED) is 0.842. The summed E-state index contributed by atoms with van der Waals surface area (Å²) in [5.74, 6) is 0.0644. The minimum absolute atomic E-state index is 0.0644. The lowest BCUT2D eigenvalue weighted by Gasteiger charge is -2.25. The highest BCUT2D eigenvalue weighted by atomic mass is 35.5. The molecule has 0 saturated heterocycles. The Morgan fingerprint density at radius 3 is 2.68 bits per heavy atom. The summed E-state index contributed by atoms with van der Waals surface area (Å²) in [6.45, 7) is 6.57. The van der Waals surface area contributed by atoms with Crippen LogP contribution in [0.3, 0.4) is 0 Å². The van der Waals surface area contributed by atoms with Gasteiger partial charge in [-0.05, 0) is 38.1 Å². The van der Waals surface area contributed by atoms with E-state index in [9.17, 15) is 4.79 Å². The molecule has 1 amide bonds. The molecule has 0 aromatic heterocycles. The third-order valence-electron chi connectivity index (χ3n) is 3.21. The predicted octanol–water partition coefficient (Wildman–Crippen LogP) is 2.63. The summed E-state index contributed by atoms with van der Waals surface area (Å²) in [6, 6.07) is 7.93. The minimum atomic E-state index is -0.446. The number of nitrogens with one attached hydrogen (secondary N) is 2. The molecule has 0 aliphatic carbocycles. The largest absolute Gasteiger partial charge is 0.354 e. The second kappa shape index (κ2) is 6.92. The maximum absolute atomic E-state index is 12.2. The van der Waals surface area contributed by atoms with Gasteiger partial charge in [-0.2, -0.15) is 0 Å². The van der Waals surface area contributed by atoms with E-state index >= 15 is 0 Å². The molecule has 0 radical (unpaired) electrons. The Kier molecular flexibility index (Phi) is 5.83. The van der Waals surface area contributed by atoms with Crippen LogP contribution in [-0.2, 0) is 11.2 Å². The summed E-state index contributed by atoms with van der Waals surface area (Å²) < 4.78 is 0. The minimum Gasteiger partial charge on any atom is -0.354 e. The van der Waals surface area contributed by atoms with E-state index in [4.69, 9.17) is 11.6 Å². The van der Waals surface area contributed by atoms with Crippen molar-refractivity contribution in [2.24, 2.45) is 5.41 Å². The Bertz CT molecular complexity index is 432. The van der Waals surface area contributed by atoms with Crippen molar-refractivity contribution in [3.8, 4) is 0 Å². The summed E-state index contributed by atoms with van der Waals surface area (Å²) in [6.07, 6.45) is 0.674. The Morgan fingerprint density at radius 1 is 1.42 bits per heavy atom. The van der Waals surface area contributed by atoms with Crippen molar-refractivity contribution in [1.82, 2.24) is 10.6 Å². The fourth-order valence-electron chi connectivity index (χ4n) is 1.82. The molecular weight excluding hydrogens is 260 g/mol. The van der Waals surface area contributed by atoms with Crippen LogP contribution in [0.1, 0.15) is 26.3 Å². The van der Waals surface area contributed by atoms with Crippen LogP contribution in [0.5, 0.6) is 0 Å². The summed E-state index contributed by atoms with van der Waals surface area (Å²) >= 11 is 5.97. The van der Waals surface area contributed by atoms with Gasteiger partial charge in [0.1, 0.15) is 0 Å². The van der Waals surface area contributed by atoms with Gasteiger partial charge in [-0.25, -0.2) is 0 Å². The lowest BCUT2D eigenvalue weighted by molar-refractivity contribution is -0.129. The SMILES string of the molecule is CNC(C)CNC(=O)C(C)(C)Cc1cccc(Cl)c1. The van der Waals surface area contributed by atoms with Crippen LogP contribution in [0.2, 0.25) is 5.02 Å². The smallest absolute Gasteiger partial charge is 0.226 e. The highest BCUT2D eigenvalue weighted by Gasteiger charge is 2.27. The maximum Gasteiger partial charge on any atom is 0.226 e. The van der Waals surface area contributed by atoms with Crippen molar-refractivity contribution in [3.05, 3.63) is 34.9 Å². The zero-order valence-corrected chi connectivity index (χ0v) is 12.8. The van der Waals surface area contributed by atoms with Gasteiger partial charge in [0, 0.05) is 23.0 Å². The second-order valence-corrected chi connectivity index (χ2v) is 6.03. The number of carbonyl (C=O) groups excluding carboxylic acids is 1. The van der Waals surface area contributed by atoms with Crippen LogP contribution in [-0.4, -0.2) is 25.5 Å². The number of rotatable bonds is 6. The molecular formula is C15H23ClN2O. The zero-order valence-electron chi connectivity index (χ0n) is 12.1. The number of amides is 1. The molecule has 1 atom stereocenters. The highest BCUT2D eigenvalue weighted by molar-refractivity contribution is 6.30. The maximum atomic E-state index is 12.2. The number of carbonyl (C=O) groups is 1. The Labute approximate surface area is 120 Å². The van der Waals surface area contributed by atoms with Crippen LogP contribution < -0.4 is 10.6 Å². The molecule has 2 N–H and O–H groups in total. The molecule has 1 aromatic rings. The van der Waals surface area contributed by atoms with Crippen molar-refractivity contribution >= 4 is 17.5 Å². The molecule has 1 rings (SSSR count). The number of likely N-dealkylation sites (N-methyl/N-ethyl adjacent to an activating group) is 1. The van der Waals surface area contributed by atoms with Crippen LogP contribution >= 0.6 is 11.6 Å². The first-order valence-corrected chi connectivity index (χ1v) is 6.93. The summed E-state index contributed by atoms with van der Waals surface area (Å²) in [5, 5.41) is 6.78. The zero-order chi connectivity index (χ0) is 14.5. The highest BCUT2D eigenvalue weighted by Crippen LogP contribution is 2.23. The van der Waals surface area contributed by atoms with E-state index in [0.29, 0.717) is 18.0 Å². The molecule has 0 aliphatic rings. The molecule has 0 saturated carbocycles. The van der Waals surface area contributed by atoms with Crippen molar-refractivity contribution in [1.29, 1.82) is 0 Å². The van der Waals surface area contributed by atoms with Gasteiger partial charge in [0.2, 0.25) is 5.91 Å². The topological polar surface area (TPSA) is 41.1 Å². The number of hydrogen-bond acceptors (Lipinski definition) is 2. The molecule has 0 heterocycles. The first kappa shape index (κ1) is 16.0. The Balaban J connectivity index is 2.62. The number of halogens is 1. The average molecular weight is 283 g/mol. The summed E-state index contributed by atoms with van der Waals surface area (Å²) in [4.78, 5) is 12.2. The van der Waals surface area contributed by atoms with Gasteiger partial charge in [-0.1, -0.05) is 37.6 Å². The molecule has 19 heavy (non-hydrogen) atoms. The second-order valence-electron chi connectivity index (χ2n) is 5.59. The van der Waals surface area contributed by atoms with Crippen LogP contribution in [0.15, 0.2) is 24.3 Å². The van der Waals surface area contributed by atoms with Gasteiger partial charge in [0.05, 0.1) is 0 Å². The Morgan fingerprint density at radius 2 is 2.11 bits per heavy atom. The molecule has 1 unspecified atom stereocenters. The van der Waals surface area contributed by atoms with E-state index in [-0.39, 0.29) is 11.9 Å². The molecule has 0 aliphatic heterocycles. The van der Waals surface area contributed by atoms with Crippen molar-refractivity contribution in [3.63, 3.8) is 0 Å². The normalized spacial score (nSPS) is 13.1. The monoisotopic (exact) mass is 282 g/mol. The van der Waals surface area contributed by atoms with Gasteiger partial charge in [-0.3, -0.25) is 4.79 Å². The first-order valence-electron chi connectivity index (χ1n) is 6.55. The number of benzene rings is 1.